The van der Waals surface area contributed by atoms with Gasteiger partial charge in [-0.25, -0.2) is 9.18 Å². The Morgan fingerprint density at radius 1 is 1.44 bits per heavy atom. The molecule has 0 aliphatic rings. The van der Waals surface area contributed by atoms with Gasteiger partial charge >= 0.3 is 5.97 Å². The van der Waals surface area contributed by atoms with Crippen LogP contribution in [0.4, 0.5) is 4.39 Å². The van der Waals surface area contributed by atoms with Crippen LogP contribution < -0.4 is 5.32 Å². The molecule has 0 bridgehead atoms. The van der Waals surface area contributed by atoms with Crippen LogP contribution in [0.2, 0.25) is 0 Å². The van der Waals surface area contributed by atoms with Crippen LogP contribution in [-0.2, 0) is 16.0 Å². The molecule has 5 heteroatoms. The van der Waals surface area contributed by atoms with Gasteiger partial charge in [-0.1, -0.05) is 12.1 Å². The Morgan fingerprint density at radius 3 is 2.61 bits per heavy atom. The van der Waals surface area contributed by atoms with Gasteiger partial charge in [0.1, 0.15) is 5.82 Å². The second-order valence-corrected chi connectivity index (χ2v) is 4.32. The van der Waals surface area contributed by atoms with Crippen LogP contribution in [0, 0.1) is 5.82 Å². The number of carbonyl (C=O) groups is 1. The second kappa shape index (κ2) is 6.47. The molecule has 0 saturated heterocycles. The number of hydrogen-bond donors (Lipinski definition) is 2. The lowest BCUT2D eigenvalue weighted by Gasteiger charge is -2.20. The van der Waals surface area contributed by atoms with Crippen LogP contribution in [-0.4, -0.2) is 36.9 Å². The smallest absolute Gasteiger partial charge is 0.338 e. The van der Waals surface area contributed by atoms with Crippen molar-refractivity contribution in [2.75, 3.05) is 20.2 Å². The highest BCUT2D eigenvalue weighted by Gasteiger charge is 2.30. The summed E-state index contributed by atoms with van der Waals surface area (Å²) in [6.07, 6.45) is 0.692. The van der Waals surface area contributed by atoms with Gasteiger partial charge in [0.25, 0.3) is 0 Å². The molecule has 1 atom stereocenters. The summed E-state index contributed by atoms with van der Waals surface area (Å²) >= 11 is 0. The van der Waals surface area contributed by atoms with Gasteiger partial charge in [-0.2, -0.15) is 0 Å². The Balaban J connectivity index is 2.30. The number of halogens is 1. The highest BCUT2D eigenvalue weighted by Crippen LogP contribution is 2.05. The minimum absolute atomic E-state index is 0.112. The minimum Gasteiger partial charge on any atom is -0.467 e. The third kappa shape index (κ3) is 4.43. The molecule has 0 radical (unpaired) electrons. The molecular weight excluding hydrogens is 237 g/mol. The topological polar surface area (TPSA) is 58.6 Å². The fourth-order valence-electron chi connectivity index (χ4n) is 1.51. The lowest BCUT2D eigenvalue weighted by molar-refractivity contribution is -0.159. The fourth-order valence-corrected chi connectivity index (χ4v) is 1.51. The van der Waals surface area contributed by atoms with Crippen molar-refractivity contribution < 1.29 is 19.0 Å². The maximum atomic E-state index is 12.7. The third-order valence-corrected chi connectivity index (χ3v) is 2.60. The van der Waals surface area contributed by atoms with Crippen LogP contribution in [0.5, 0.6) is 0 Å². The van der Waals surface area contributed by atoms with E-state index >= 15 is 0 Å². The molecule has 0 aromatic heterocycles. The maximum absolute atomic E-state index is 12.7. The molecule has 1 unspecified atom stereocenters. The number of nitrogens with one attached hydrogen (secondary N) is 1. The van der Waals surface area contributed by atoms with Crippen molar-refractivity contribution >= 4 is 5.97 Å². The zero-order valence-corrected chi connectivity index (χ0v) is 10.6. The summed E-state index contributed by atoms with van der Waals surface area (Å²) in [7, 11) is 1.23. The molecule has 2 N–H and O–H groups in total. The van der Waals surface area contributed by atoms with Crippen molar-refractivity contribution in [3.8, 4) is 0 Å². The Hall–Kier alpha value is -1.46. The van der Waals surface area contributed by atoms with E-state index < -0.39 is 11.6 Å². The van der Waals surface area contributed by atoms with E-state index in [-0.39, 0.29) is 12.4 Å². The third-order valence-electron chi connectivity index (χ3n) is 2.60. The summed E-state index contributed by atoms with van der Waals surface area (Å²) in [6.45, 7) is 2.09. The Labute approximate surface area is 106 Å². The molecule has 1 aromatic carbocycles. The standard InChI is InChI=1S/C13H18FNO3/c1-13(17,12(16)18-2)9-15-8-7-10-3-5-11(14)6-4-10/h3-6,15,17H,7-9H2,1-2H3. The number of methoxy groups -OCH3 is 1. The molecular formula is C13H18FNO3. The van der Waals surface area contributed by atoms with Gasteiger partial charge in [0.15, 0.2) is 5.60 Å². The van der Waals surface area contributed by atoms with Crippen molar-refractivity contribution in [1.82, 2.24) is 5.32 Å². The summed E-state index contributed by atoms with van der Waals surface area (Å²) < 4.78 is 17.1. The molecule has 0 aliphatic carbocycles. The number of rotatable bonds is 6. The highest BCUT2D eigenvalue weighted by atomic mass is 19.1. The molecule has 4 nitrogen and oxygen atoms in total. The van der Waals surface area contributed by atoms with E-state index in [9.17, 15) is 14.3 Å². The maximum Gasteiger partial charge on any atom is 0.338 e. The van der Waals surface area contributed by atoms with Crippen molar-refractivity contribution in [2.45, 2.75) is 18.9 Å². The van der Waals surface area contributed by atoms with E-state index in [1.165, 1.54) is 26.2 Å². The van der Waals surface area contributed by atoms with Gasteiger partial charge < -0.3 is 15.2 Å². The molecule has 1 rings (SSSR count). The zero-order valence-electron chi connectivity index (χ0n) is 10.6. The van der Waals surface area contributed by atoms with Gasteiger partial charge in [-0.05, 0) is 37.6 Å². The summed E-state index contributed by atoms with van der Waals surface area (Å²) in [5.74, 6) is -0.933. The van der Waals surface area contributed by atoms with Crippen LogP contribution in [0.25, 0.3) is 0 Å². The number of aliphatic hydroxyl groups is 1. The molecule has 0 heterocycles. The molecule has 0 fully saturated rings. The first-order valence-corrected chi connectivity index (χ1v) is 5.71. The molecule has 0 amide bonds. The van der Waals surface area contributed by atoms with Crippen LogP contribution >= 0.6 is 0 Å². The summed E-state index contributed by atoms with van der Waals surface area (Å²) in [6, 6.07) is 6.21. The predicted octanol–water partition coefficient (Wildman–Crippen LogP) is 0.882. The van der Waals surface area contributed by atoms with E-state index in [4.69, 9.17) is 0 Å². The quantitative estimate of drug-likeness (QED) is 0.585. The van der Waals surface area contributed by atoms with E-state index in [1.54, 1.807) is 12.1 Å². The van der Waals surface area contributed by atoms with E-state index in [1.807, 2.05) is 0 Å². The Bertz CT molecular complexity index is 390. The number of esters is 1. The highest BCUT2D eigenvalue weighted by molar-refractivity contribution is 5.78. The van der Waals surface area contributed by atoms with Crippen molar-refractivity contribution in [2.24, 2.45) is 0 Å². The molecule has 1 aromatic rings. The first kappa shape index (κ1) is 14.6. The molecule has 18 heavy (non-hydrogen) atoms. The van der Waals surface area contributed by atoms with Crippen molar-refractivity contribution in [3.05, 3.63) is 35.6 Å². The Kier molecular flexibility index (Phi) is 5.25. The molecule has 0 spiro atoms. The van der Waals surface area contributed by atoms with Crippen LogP contribution in [0.1, 0.15) is 12.5 Å². The average molecular weight is 255 g/mol. The average Bonchev–Trinajstić information content (AvgIpc) is 2.35. The predicted molar refractivity (Wildman–Crippen MR) is 65.6 cm³/mol. The number of hydrogen-bond acceptors (Lipinski definition) is 4. The lowest BCUT2D eigenvalue weighted by Crippen LogP contribution is -2.46. The van der Waals surface area contributed by atoms with Gasteiger partial charge in [0.05, 0.1) is 7.11 Å². The normalized spacial score (nSPS) is 14.0. The summed E-state index contributed by atoms with van der Waals surface area (Å²) in [5, 5.41) is 12.7. The first-order chi connectivity index (χ1) is 8.45. The fraction of sp³-hybridized carbons (Fsp3) is 0.462. The number of carbonyl (C=O) groups excluding carboxylic acids is 1. The lowest BCUT2D eigenvalue weighted by atomic mass is 10.1. The van der Waals surface area contributed by atoms with E-state index in [0.717, 1.165) is 5.56 Å². The zero-order chi connectivity index (χ0) is 13.6. The van der Waals surface area contributed by atoms with Gasteiger partial charge in [0.2, 0.25) is 0 Å². The van der Waals surface area contributed by atoms with Crippen molar-refractivity contribution in [1.29, 1.82) is 0 Å². The van der Waals surface area contributed by atoms with E-state index in [2.05, 4.69) is 10.1 Å². The molecule has 0 saturated carbocycles. The SMILES string of the molecule is COC(=O)C(C)(O)CNCCc1ccc(F)cc1. The second-order valence-electron chi connectivity index (χ2n) is 4.32. The van der Waals surface area contributed by atoms with Gasteiger partial charge in [-0.3, -0.25) is 0 Å². The van der Waals surface area contributed by atoms with Gasteiger partial charge in [-0.15, -0.1) is 0 Å². The van der Waals surface area contributed by atoms with E-state index in [0.29, 0.717) is 13.0 Å². The monoisotopic (exact) mass is 255 g/mol. The molecule has 0 aliphatic heterocycles. The number of ether oxygens (including phenoxy) is 1. The van der Waals surface area contributed by atoms with Crippen LogP contribution in [0.15, 0.2) is 24.3 Å². The number of benzene rings is 1. The van der Waals surface area contributed by atoms with Crippen molar-refractivity contribution in [3.63, 3.8) is 0 Å². The summed E-state index contributed by atoms with van der Waals surface area (Å²) in [4.78, 5) is 11.2. The first-order valence-electron chi connectivity index (χ1n) is 5.71. The summed E-state index contributed by atoms with van der Waals surface area (Å²) in [5.41, 5.74) is -0.543. The minimum atomic E-state index is -1.53. The Morgan fingerprint density at radius 2 is 2.06 bits per heavy atom. The largest absolute Gasteiger partial charge is 0.467 e. The molecule has 100 valence electrons. The van der Waals surface area contributed by atoms with Gasteiger partial charge in [0, 0.05) is 6.54 Å². The van der Waals surface area contributed by atoms with Crippen LogP contribution in [0.3, 0.4) is 0 Å².